The van der Waals surface area contributed by atoms with E-state index in [2.05, 4.69) is 41.1 Å². The van der Waals surface area contributed by atoms with Gasteiger partial charge in [-0.25, -0.2) is 4.98 Å². The van der Waals surface area contributed by atoms with Gasteiger partial charge in [-0.1, -0.05) is 0 Å². The van der Waals surface area contributed by atoms with Crippen LogP contribution in [-0.2, 0) is 0 Å². The molecule has 17 heavy (non-hydrogen) atoms. The smallest absolute Gasteiger partial charge is 0.221 e. The van der Waals surface area contributed by atoms with Crippen LogP contribution in [0.4, 0.5) is 11.8 Å². The fourth-order valence-electron chi connectivity index (χ4n) is 1.43. The molecule has 0 amide bonds. The lowest BCUT2D eigenvalue weighted by Crippen LogP contribution is -2.28. The van der Waals surface area contributed by atoms with Gasteiger partial charge in [-0.2, -0.15) is 4.98 Å². The fourth-order valence-corrected chi connectivity index (χ4v) is 1.43. The molecule has 0 aliphatic carbocycles. The minimum Gasteiger partial charge on any atom is -0.370 e. The lowest BCUT2D eigenvalue weighted by atomic mass is 10.3. The van der Waals surface area contributed by atoms with Gasteiger partial charge < -0.3 is 16.0 Å². The maximum atomic E-state index is 5.55. The van der Waals surface area contributed by atoms with E-state index >= 15 is 0 Å². The Morgan fingerprint density at radius 3 is 2.82 bits per heavy atom. The second kappa shape index (κ2) is 6.39. The van der Waals surface area contributed by atoms with E-state index < -0.39 is 0 Å². The third-order valence-corrected chi connectivity index (χ3v) is 2.85. The molecule has 3 N–H and O–H groups in total. The minimum atomic E-state index is 0.317. The molecule has 5 heteroatoms. The summed E-state index contributed by atoms with van der Waals surface area (Å²) in [7, 11) is 2.14. The van der Waals surface area contributed by atoms with E-state index in [1.807, 2.05) is 6.92 Å². The average molecular weight is 237 g/mol. The van der Waals surface area contributed by atoms with Crippen LogP contribution in [0.1, 0.15) is 25.8 Å². The SMILES string of the molecule is Cc1cnc(N)nc1NCCCN(C)C(C)C. The van der Waals surface area contributed by atoms with Crippen molar-refractivity contribution >= 4 is 11.8 Å². The number of nitrogen functional groups attached to an aromatic ring is 1. The molecule has 96 valence electrons. The third-order valence-electron chi connectivity index (χ3n) is 2.85. The van der Waals surface area contributed by atoms with Crippen molar-refractivity contribution in [1.82, 2.24) is 14.9 Å². The first kappa shape index (κ1) is 13.7. The lowest BCUT2D eigenvalue weighted by molar-refractivity contribution is 0.273. The summed E-state index contributed by atoms with van der Waals surface area (Å²) in [6.45, 7) is 8.34. The number of nitrogens with zero attached hydrogens (tertiary/aromatic N) is 3. The number of hydrogen-bond donors (Lipinski definition) is 2. The highest BCUT2D eigenvalue weighted by molar-refractivity contribution is 5.44. The topological polar surface area (TPSA) is 67.1 Å². The molecule has 0 bridgehead atoms. The molecule has 1 rings (SSSR count). The van der Waals surface area contributed by atoms with Gasteiger partial charge in [0.05, 0.1) is 0 Å². The van der Waals surface area contributed by atoms with Crippen LogP contribution in [0.2, 0.25) is 0 Å². The van der Waals surface area contributed by atoms with Gasteiger partial charge >= 0.3 is 0 Å². The van der Waals surface area contributed by atoms with E-state index in [9.17, 15) is 0 Å². The maximum Gasteiger partial charge on any atom is 0.221 e. The van der Waals surface area contributed by atoms with Crippen molar-refractivity contribution in [2.45, 2.75) is 33.2 Å². The summed E-state index contributed by atoms with van der Waals surface area (Å²) in [5.41, 5.74) is 6.57. The van der Waals surface area contributed by atoms with Crippen LogP contribution in [0.15, 0.2) is 6.20 Å². The number of rotatable bonds is 6. The molecule has 0 aliphatic heterocycles. The number of aromatic nitrogens is 2. The molecular formula is C12H23N5. The summed E-state index contributed by atoms with van der Waals surface area (Å²) in [5, 5.41) is 3.29. The number of hydrogen-bond acceptors (Lipinski definition) is 5. The highest BCUT2D eigenvalue weighted by atomic mass is 15.1. The summed E-state index contributed by atoms with van der Waals surface area (Å²) < 4.78 is 0. The van der Waals surface area contributed by atoms with Gasteiger partial charge in [-0.3, -0.25) is 0 Å². The Bertz CT molecular complexity index is 351. The fraction of sp³-hybridized carbons (Fsp3) is 0.667. The molecule has 0 spiro atoms. The molecule has 0 radical (unpaired) electrons. The first-order chi connectivity index (χ1) is 8.00. The van der Waals surface area contributed by atoms with E-state index in [-0.39, 0.29) is 0 Å². The maximum absolute atomic E-state index is 5.55. The van der Waals surface area contributed by atoms with Crippen LogP contribution >= 0.6 is 0 Å². The zero-order valence-corrected chi connectivity index (χ0v) is 11.2. The standard InChI is InChI=1S/C12H23N5/c1-9(2)17(4)7-5-6-14-11-10(3)8-15-12(13)16-11/h8-9H,5-7H2,1-4H3,(H3,13,14,15,16). The van der Waals surface area contributed by atoms with Crippen molar-refractivity contribution in [3.63, 3.8) is 0 Å². The highest BCUT2D eigenvalue weighted by Gasteiger charge is 2.03. The van der Waals surface area contributed by atoms with Gasteiger partial charge in [0.25, 0.3) is 0 Å². The molecular weight excluding hydrogens is 214 g/mol. The average Bonchev–Trinajstić information content (AvgIpc) is 2.28. The summed E-state index contributed by atoms with van der Waals surface area (Å²) in [6.07, 6.45) is 2.82. The first-order valence-corrected chi connectivity index (χ1v) is 6.04. The Hall–Kier alpha value is -1.36. The second-order valence-electron chi connectivity index (χ2n) is 4.61. The number of aryl methyl sites for hydroxylation is 1. The van der Waals surface area contributed by atoms with Crippen LogP contribution in [0.3, 0.4) is 0 Å². The van der Waals surface area contributed by atoms with Gasteiger partial charge in [0.15, 0.2) is 0 Å². The van der Waals surface area contributed by atoms with E-state index in [0.29, 0.717) is 12.0 Å². The third kappa shape index (κ3) is 4.56. The normalized spacial score (nSPS) is 11.2. The predicted octanol–water partition coefficient (Wildman–Crippen LogP) is 1.51. The Morgan fingerprint density at radius 2 is 2.18 bits per heavy atom. The Morgan fingerprint density at radius 1 is 1.47 bits per heavy atom. The Balaban J connectivity index is 2.33. The summed E-state index contributed by atoms with van der Waals surface area (Å²) >= 11 is 0. The van der Waals surface area contributed by atoms with Gasteiger partial charge in [0, 0.05) is 24.3 Å². The van der Waals surface area contributed by atoms with E-state index in [1.165, 1.54) is 0 Å². The predicted molar refractivity (Wildman–Crippen MR) is 72.1 cm³/mol. The van der Waals surface area contributed by atoms with Crippen LogP contribution in [0.5, 0.6) is 0 Å². The van der Waals surface area contributed by atoms with Crippen molar-refractivity contribution in [2.75, 3.05) is 31.2 Å². The summed E-state index contributed by atoms with van der Waals surface area (Å²) in [4.78, 5) is 10.4. The molecule has 5 nitrogen and oxygen atoms in total. The molecule has 1 aromatic heterocycles. The number of anilines is 2. The molecule has 0 aromatic carbocycles. The van der Waals surface area contributed by atoms with E-state index in [4.69, 9.17) is 5.73 Å². The van der Waals surface area contributed by atoms with Crippen LogP contribution in [0.25, 0.3) is 0 Å². The van der Waals surface area contributed by atoms with Gasteiger partial charge in [0.2, 0.25) is 5.95 Å². The highest BCUT2D eigenvalue weighted by Crippen LogP contribution is 2.10. The summed E-state index contributed by atoms with van der Waals surface area (Å²) in [5.74, 6) is 1.15. The molecule has 0 atom stereocenters. The van der Waals surface area contributed by atoms with Crippen molar-refractivity contribution in [1.29, 1.82) is 0 Å². The second-order valence-corrected chi connectivity index (χ2v) is 4.61. The van der Waals surface area contributed by atoms with Crippen LogP contribution in [-0.4, -0.2) is 41.0 Å². The van der Waals surface area contributed by atoms with E-state index in [0.717, 1.165) is 30.9 Å². The lowest BCUT2D eigenvalue weighted by Gasteiger charge is -2.20. The van der Waals surface area contributed by atoms with Gasteiger partial charge in [-0.05, 0) is 40.8 Å². The first-order valence-electron chi connectivity index (χ1n) is 6.04. The monoisotopic (exact) mass is 237 g/mol. The number of nitrogens with two attached hydrogens (primary N) is 1. The van der Waals surface area contributed by atoms with Crippen molar-refractivity contribution < 1.29 is 0 Å². The van der Waals surface area contributed by atoms with Crippen LogP contribution in [0, 0.1) is 6.92 Å². The van der Waals surface area contributed by atoms with Gasteiger partial charge in [0.1, 0.15) is 5.82 Å². The zero-order valence-electron chi connectivity index (χ0n) is 11.2. The Labute approximate surface area is 103 Å². The quantitative estimate of drug-likeness (QED) is 0.734. The Kier molecular flexibility index (Phi) is 5.15. The molecule has 0 saturated heterocycles. The molecule has 0 saturated carbocycles. The number of nitrogens with one attached hydrogen (secondary N) is 1. The molecule has 0 unspecified atom stereocenters. The van der Waals surface area contributed by atoms with Crippen LogP contribution < -0.4 is 11.1 Å². The van der Waals surface area contributed by atoms with Crippen molar-refractivity contribution in [3.8, 4) is 0 Å². The summed E-state index contributed by atoms with van der Waals surface area (Å²) in [6, 6.07) is 0.589. The van der Waals surface area contributed by atoms with Crippen molar-refractivity contribution in [2.24, 2.45) is 0 Å². The molecule has 0 fully saturated rings. The van der Waals surface area contributed by atoms with Crippen molar-refractivity contribution in [3.05, 3.63) is 11.8 Å². The van der Waals surface area contributed by atoms with Gasteiger partial charge in [-0.15, -0.1) is 0 Å². The largest absolute Gasteiger partial charge is 0.370 e. The zero-order chi connectivity index (χ0) is 12.8. The molecule has 0 aliphatic rings. The van der Waals surface area contributed by atoms with E-state index in [1.54, 1.807) is 6.20 Å². The molecule has 1 heterocycles. The molecule has 1 aromatic rings. The minimum absolute atomic E-state index is 0.317.